The largest absolute Gasteiger partial charge is 0.306 e. The van der Waals surface area contributed by atoms with Crippen LogP contribution in [0.1, 0.15) is 21.6 Å². The predicted octanol–water partition coefficient (Wildman–Crippen LogP) is 5.94. The highest BCUT2D eigenvalue weighted by Gasteiger charge is 2.25. The van der Waals surface area contributed by atoms with E-state index in [-0.39, 0.29) is 5.91 Å². The Hall–Kier alpha value is -1.47. The van der Waals surface area contributed by atoms with E-state index < -0.39 is 0 Å². The molecule has 3 aromatic rings. The molecule has 1 aliphatic heterocycles. The molecule has 1 N–H and O–H groups in total. The third kappa shape index (κ3) is 3.39. The lowest BCUT2D eigenvalue weighted by Crippen LogP contribution is -2.16. The summed E-state index contributed by atoms with van der Waals surface area (Å²) in [6.45, 7) is 0. The molecule has 0 aliphatic carbocycles. The standard InChI is InChI=1S/C18H12BrCl2N3OS/c19-10-4-5-15(21)13(6-10)18(25)22-17-14-8-26-9-16(14)23-24(17)12-3-1-2-11(20)7-12/h1-7H,8-9H2,(H,22,25). The molecule has 0 saturated heterocycles. The summed E-state index contributed by atoms with van der Waals surface area (Å²) in [4.78, 5) is 12.8. The minimum atomic E-state index is -0.279. The van der Waals surface area contributed by atoms with Crippen molar-refractivity contribution in [3.8, 4) is 5.69 Å². The zero-order valence-corrected chi connectivity index (χ0v) is 17.2. The number of amides is 1. The summed E-state index contributed by atoms with van der Waals surface area (Å²) in [5.41, 5.74) is 3.21. The molecule has 2 heterocycles. The number of hydrogen-bond acceptors (Lipinski definition) is 3. The molecule has 0 saturated carbocycles. The van der Waals surface area contributed by atoms with E-state index in [4.69, 9.17) is 23.2 Å². The number of rotatable bonds is 3. The van der Waals surface area contributed by atoms with Crippen molar-refractivity contribution in [3.05, 3.63) is 73.8 Å². The van der Waals surface area contributed by atoms with E-state index in [9.17, 15) is 4.79 Å². The van der Waals surface area contributed by atoms with Crippen LogP contribution < -0.4 is 5.32 Å². The number of benzene rings is 2. The third-order valence-corrected chi connectivity index (χ3v) is 6.04. The molecule has 8 heteroatoms. The van der Waals surface area contributed by atoms with Crippen LogP contribution in [0.5, 0.6) is 0 Å². The van der Waals surface area contributed by atoms with Crippen LogP contribution in [0, 0.1) is 0 Å². The van der Waals surface area contributed by atoms with Gasteiger partial charge in [-0.3, -0.25) is 4.79 Å². The predicted molar refractivity (Wildman–Crippen MR) is 111 cm³/mol. The Kier molecular flexibility index (Phi) is 5.01. The van der Waals surface area contributed by atoms with Crippen LogP contribution in [0.2, 0.25) is 10.0 Å². The van der Waals surface area contributed by atoms with Crippen molar-refractivity contribution >= 4 is 62.6 Å². The second-order valence-corrected chi connectivity index (χ2v) is 8.48. The Balaban J connectivity index is 1.76. The smallest absolute Gasteiger partial charge is 0.258 e. The molecule has 4 rings (SSSR count). The van der Waals surface area contributed by atoms with Gasteiger partial charge in [0, 0.05) is 26.6 Å². The Bertz CT molecular complexity index is 1020. The number of anilines is 1. The molecular weight excluding hydrogens is 457 g/mol. The van der Waals surface area contributed by atoms with E-state index in [1.165, 1.54) is 0 Å². The molecular formula is C18H12BrCl2N3OS. The lowest BCUT2D eigenvalue weighted by molar-refractivity contribution is 0.102. The quantitative estimate of drug-likeness (QED) is 0.517. The van der Waals surface area contributed by atoms with Crippen LogP contribution in [0.3, 0.4) is 0 Å². The van der Waals surface area contributed by atoms with Crippen molar-refractivity contribution in [1.29, 1.82) is 0 Å². The monoisotopic (exact) mass is 467 g/mol. The first kappa shape index (κ1) is 17.9. The molecule has 0 fully saturated rings. The molecule has 1 aromatic heterocycles. The van der Waals surface area contributed by atoms with Crippen LogP contribution >= 0.6 is 50.9 Å². The molecule has 0 unspecified atom stereocenters. The van der Waals surface area contributed by atoms with Crippen LogP contribution in [0.15, 0.2) is 46.9 Å². The van der Waals surface area contributed by atoms with Crippen molar-refractivity contribution < 1.29 is 4.79 Å². The summed E-state index contributed by atoms with van der Waals surface area (Å²) >= 11 is 17.5. The summed E-state index contributed by atoms with van der Waals surface area (Å²) in [5, 5.41) is 8.67. The topological polar surface area (TPSA) is 46.9 Å². The van der Waals surface area contributed by atoms with Crippen LogP contribution in [-0.2, 0) is 11.5 Å². The lowest BCUT2D eigenvalue weighted by atomic mass is 10.2. The van der Waals surface area contributed by atoms with E-state index >= 15 is 0 Å². The normalized spacial score (nSPS) is 12.9. The number of fused-ring (bicyclic) bond motifs is 1. The van der Waals surface area contributed by atoms with Crippen molar-refractivity contribution in [1.82, 2.24) is 9.78 Å². The average Bonchev–Trinajstić information content (AvgIpc) is 3.19. The minimum Gasteiger partial charge on any atom is -0.306 e. The maximum absolute atomic E-state index is 12.8. The van der Waals surface area contributed by atoms with Gasteiger partial charge in [-0.05, 0) is 36.4 Å². The molecule has 0 spiro atoms. The Morgan fingerprint density at radius 3 is 2.85 bits per heavy atom. The molecule has 0 bridgehead atoms. The van der Waals surface area contributed by atoms with Gasteiger partial charge in [-0.25, -0.2) is 4.68 Å². The van der Waals surface area contributed by atoms with Crippen molar-refractivity contribution in [2.75, 3.05) is 5.32 Å². The number of hydrogen-bond donors (Lipinski definition) is 1. The summed E-state index contributed by atoms with van der Waals surface area (Å²) in [6.07, 6.45) is 0. The van der Waals surface area contributed by atoms with Gasteiger partial charge in [-0.2, -0.15) is 16.9 Å². The molecule has 1 amide bonds. The van der Waals surface area contributed by atoms with Crippen molar-refractivity contribution in [3.63, 3.8) is 0 Å². The molecule has 26 heavy (non-hydrogen) atoms. The summed E-state index contributed by atoms with van der Waals surface area (Å²) < 4.78 is 2.52. The lowest BCUT2D eigenvalue weighted by Gasteiger charge is -2.12. The van der Waals surface area contributed by atoms with E-state index in [2.05, 4.69) is 26.3 Å². The zero-order valence-electron chi connectivity index (χ0n) is 13.3. The fraction of sp³-hybridized carbons (Fsp3) is 0.111. The van der Waals surface area contributed by atoms with Gasteiger partial charge in [0.1, 0.15) is 5.82 Å². The zero-order chi connectivity index (χ0) is 18.3. The number of halogens is 3. The minimum absolute atomic E-state index is 0.279. The van der Waals surface area contributed by atoms with Crippen LogP contribution in [0.4, 0.5) is 5.82 Å². The summed E-state index contributed by atoms with van der Waals surface area (Å²) in [7, 11) is 0. The number of nitrogens with zero attached hydrogens (tertiary/aromatic N) is 2. The maximum Gasteiger partial charge on any atom is 0.258 e. The number of carbonyl (C=O) groups excluding carboxylic acids is 1. The van der Waals surface area contributed by atoms with Crippen LogP contribution in [0.25, 0.3) is 5.69 Å². The van der Waals surface area contributed by atoms with Crippen molar-refractivity contribution in [2.45, 2.75) is 11.5 Å². The van der Waals surface area contributed by atoms with Gasteiger partial charge < -0.3 is 5.32 Å². The Morgan fingerprint density at radius 1 is 1.19 bits per heavy atom. The van der Waals surface area contributed by atoms with E-state index in [1.807, 2.05) is 18.2 Å². The number of thioether (sulfide) groups is 1. The van der Waals surface area contributed by atoms with Gasteiger partial charge in [0.15, 0.2) is 0 Å². The van der Waals surface area contributed by atoms with Gasteiger partial charge in [0.2, 0.25) is 0 Å². The fourth-order valence-electron chi connectivity index (χ4n) is 2.78. The third-order valence-electron chi connectivity index (χ3n) is 4.01. The molecule has 2 aromatic carbocycles. The van der Waals surface area contributed by atoms with Gasteiger partial charge in [0.25, 0.3) is 5.91 Å². The first-order valence-corrected chi connectivity index (χ1v) is 10.4. The first-order valence-electron chi connectivity index (χ1n) is 7.74. The molecule has 0 atom stereocenters. The summed E-state index contributed by atoms with van der Waals surface area (Å²) in [5.74, 6) is 2.01. The highest BCUT2D eigenvalue weighted by Crippen LogP contribution is 2.36. The first-order chi connectivity index (χ1) is 12.5. The highest BCUT2D eigenvalue weighted by atomic mass is 79.9. The Morgan fingerprint density at radius 2 is 2.04 bits per heavy atom. The number of aromatic nitrogens is 2. The van der Waals surface area contributed by atoms with Crippen LogP contribution in [-0.4, -0.2) is 15.7 Å². The average molecular weight is 469 g/mol. The molecule has 132 valence electrons. The van der Waals surface area contributed by atoms with Gasteiger partial charge >= 0.3 is 0 Å². The molecule has 4 nitrogen and oxygen atoms in total. The second kappa shape index (κ2) is 7.27. The molecule has 0 radical (unpaired) electrons. The maximum atomic E-state index is 12.8. The van der Waals surface area contributed by atoms with E-state index in [0.29, 0.717) is 21.4 Å². The highest BCUT2D eigenvalue weighted by molar-refractivity contribution is 9.10. The molecule has 1 aliphatic rings. The van der Waals surface area contributed by atoms with E-state index in [1.54, 1.807) is 40.7 Å². The SMILES string of the molecule is O=C(Nc1c2c(nn1-c1cccc(Cl)c1)CSC2)c1cc(Br)ccc1Cl. The fourth-order valence-corrected chi connectivity index (χ4v) is 4.57. The van der Waals surface area contributed by atoms with Gasteiger partial charge in [-0.15, -0.1) is 0 Å². The Labute approximate surface area is 173 Å². The second-order valence-electron chi connectivity index (χ2n) is 5.74. The summed E-state index contributed by atoms with van der Waals surface area (Å²) in [6, 6.07) is 12.6. The van der Waals surface area contributed by atoms with Gasteiger partial charge in [0.05, 0.1) is 22.0 Å². The van der Waals surface area contributed by atoms with E-state index in [0.717, 1.165) is 32.9 Å². The van der Waals surface area contributed by atoms with Crippen molar-refractivity contribution in [2.24, 2.45) is 0 Å². The van der Waals surface area contributed by atoms with Gasteiger partial charge in [-0.1, -0.05) is 45.2 Å². The number of nitrogens with one attached hydrogen (secondary N) is 1. The number of carbonyl (C=O) groups is 1.